The van der Waals surface area contributed by atoms with Gasteiger partial charge in [0.05, 0.1) is 27.2 Å². The van der Waals surface area contributed by atoms with Crippen LogP contribution in [-0.4, -0.2) is 35.0 Å². The maximum Gasteiger partial charge on any atom is 0.277 e. The summed E-state index contributed by atoms with van der Waals surface area (Å²) in [5.74, 6) is -1.36. The van der Waals surface area contributed by atoms with Crippen LogP contribution >= 0.6 is 22.9 Å². The highest BCUT2D eigenvalue weighted by atomic mass is 35.5. The number of nitrogens with one attached hydrogen (secondary N) is 1. The maximum atomic E-state index is 13.2. The predicted molar refractivity (Wildman–Crippen MR) is 92.3 cm³/mol. The second-order valence-electron chi connectivity index (χ2n) is 4.84. The Balaban J connectivity index is 1.93. The molecule has 11 heteroatoms. The number of anilines is 1. The van der Waals surface area contributed by atoms with Crippen LogP contribution in [0.4, 0.5) is 9.52 Å². The largest absolute Gasteiger partial charge is 0.296 e. The standard InChI is InChI=1S/C14H10ClFN4O3S2/c1-2-25(22,23)14-17-6-8(15)11(19-14)12(21)20-13-18-9-4-3-7(16)5-10(9)24-13/h3-6H,2H2,1H3,(H,18,20,21). The lowest BCUT2D eigenvalue weighted by Crippen LogP contribution is -2.18. The topological polar surface area (TPSA) is 102 Å². The zero-order valence-electron chi connectivity index (χ0n) is 12.7. The van der Waals surface area contributed by atoms with Gasteiger partial charge in [-0.2, -0.15) is 0 Å². The first-order valence-corrected chi connectivity index (χ1v) is 9.77. The highest BCUT2D eigenvalue weighted by Crippen LogP contribution is 2.27. The highest BCUT2D eigenvalue weighted by molar-refractivity contribution is 7.91. The quantitative estimate of drug-likeness (QED) is 0.675. The number of halogens is 2. The van der Waals surface area contributed by atoms with Gasteiger partial charge in [0.1, 0.15) is 5.82 Å². The Morgan fingerprint density at radius 1 is 1.36 bits per heavy atom. The fourth-order valence-electron chi connectivity index (χ4n) is 1.90. The lowest BCUT2D eigenvalue weighted by Gasteiger charge is -2.05. The lowest BCUT2D eigenvalue weighted by molar-refractivity contribution is 0.102. The van der Waals surface area contributed by atoms with E-state index < -0.39 is 26.7 Å². The zero-order valence-corrected chi connectivity index (χ0v) is 15.0. The Bertz CT molecular complexity index is 1080. The third-order valence-electron chi connectivity index (χ3n) is 3.17. The van der Waals surface area contributed by atoms with Gasteiger partial charge in [0.15, 0.2) is 10.8 Å². The van der Waals surface area contributed by atoms with Crippen molar-refractivity contribution in [1.82, 2.24) is 15.0 Å². The van der Waals surface area contributed by atoms with Crippen molar-refractivity contribution < 1.29 is 17.6 Å². The van der Waals surface area contributed by atoms with E-state index >= 15 is 0 Å². The summed E-state index contributed by atoms with van der Waals surface area (Å²) in [4.78, 5) is 23.9. The Morgan fingerprint density at radius 3 is 2.84 bits per heavy atom. The first-order chi connectivity index (χ1) is 11.8. The average molecular weight is 401 g/mol. The Hall–Kier alpha value is -2.17. The molecule has 0 aliphatic rings. The van der Waals surface area contributed by atoms with Crippen molar-refractivity contribution in [2.45, 2.75) is 12.1 Å². The number of thiazole rings is 1. The van der Waals surface area contributed by atoms with E-state index in [1.54, 1.807) is 0 Å². The summed E-state index contributed by atoms with van der Waals surface area (Å²) in [6.07, 6.45) is 1.06. The molecule has 0 unspecified atom stereocenters. The van der Waals surface area contributed by atoms with E-state index in [0.29, 0.717) is 10.2 Å². The minimum absolute atomic E-state index is 0.0975. The molecule has 1 N–H and O–H groups in total. The van der Waals surface area contributed by atoms with Gasteiger partial charge in [0, 0.05) is 0 Å². The summed E-state index contributed by atoms with van der Waals surface area (Å²) in [5, 5.41) is 2.12. The molecule has 3 rings (SSSR count). The molecule has 0 saturated carbocycles. The number of aromatic nitrogens is 3. The van der Waals surface area contributed by atoms with Crippen molar-refractivity contribution in [2.24, 2.45) is 0 Å². The molecule has 130 valence electrons. The molecule has 0 radical (unpaired) electrons. The first-order valence-electron chi connectivity index (χ1n) is 6.93. The number of benzene rings is 1. The van der Waals surface area contributed by atoms with Crippen molar-refractivity contribution in [1.29, 1.82) is 0 Å². The Morgan fingerprint density at radius 2 is 2.12 bits per heavy atom. The predicted octanol–water partition coefficient (Wildman–Crippen LogP) is 2.92. The summed E-state index contributed by atoms with van der Waals surface area (Å²) >= 11 is 6.97. The summed E-state index contributed by atoms with van der Waals surface area (Å²) in [6, 6.07) is 4.05. The number of rotatable bonds is 4. The second kappa shape index (κ2) is 6.62. The number of carbonyl (C=O) groups excluding carboxylic acids is 1. The van der Waals surface area contributed by atoms with E-state index in [0.717, 1.165) is 17.5 Å². The average Bonchev–Trinajstić information content (AvgIpc) is 2.96. The van der Waals surface area contributed by atoms with Gasteiger partial charge in [-0.1, -0.05) is 29.9 Å². The minimum atomic E-state index is -3.68. The molecular formula is C14H10ClFN4O3S2. The SMILES string of the molecule is CCS(=O)(=O)c1ncc(Cl)c(C(=O)Nc2nc3ccc(F)cc3s2)n1. The molecule has 3 aromatic rings. The third kappa shape index (κ3) is 3.60. The van der Waals surface area contributed by atoms with Crippen molar-refractivity contribution in [3.8, 4) is 0 Å². The molecule has 0 atom stereocenters. The molecule has 0 fully saturated rings. The molecule has 0 aliphatic carbocycles. The van der Waals surface area contributed by atoms with E-state index in [4.69, 9.17) is 11.6 Å². The fourth-order valence-corrected chi connectivity index (χ4v) is 3.66. The minimum Gasteiger partial charge on any atom is -0.296 e. The van der Waals surface area contributed by atoms with E-state index in [1.165, 1.54) is 25.1 Å². The second-order valence-corrected chi connectivity index (χ2v) is 8.45. The van der Waals surface area contributed by atoms with Crippen LogP contribution in [0, 0.1) is 5.82 Å². The molecule has 25 heavy (non-hydrogen) atoms. The van der Waals surface area contributed by atoms with Crippen LogP contribution in [0.3, 0.4) is 0 Å². The van der Waals surface area contributed by atoms with Gasteiger partial charge in [-0.25, -0.2) is 27.8 Å². The van der Waals surface area contributed by atoms with E-state index in [1.807, 2.05) is 0 Å². The number of nitrogens with zero attached hydrogens (tertiary/aromatic N) is 3. The van der Waals surface area contributed by atoms with E-state index in [9.17, 15) is 17.6 Å². The number of carbonyl (C=O) groups is 1. The van der Waals surface area contributed by atoms with Crippen LogP contribution in [0.2, 0.25) is 5.02 Å². The van der Waals surface area contributed by atoms with Crippen molar-refractivity contribution in [2.75, 3.05) is 11.1 Å². The molecule has 7 nitrogen and oxygen atoms in total. The molecule has 0 spiro atoms. The van der Waals surface area contributed by atoms with Crippen LogP contribution in [0.5, 0.6) is 0 Å². The van der Waals surface area contributed by atoms with Crippen molar-refractivity contribution in [3.05, 3.63) is 40.9 Å². The molecule has 0 bridgehead atoms. The molecule has 1 amide bonds. The highest BCUT2D eigenvalue weighted by Gasteiger charge is 2.21. The van der Waals surface area contributed by atoms with Gasteiger partial charge in [-0.3, -0.25) is 10.1 Å². The summed E-state index contributed by atoms with van der Waals surface area (Å²) in [5.41, 5.74) is 0.235. The molecule has 0 saturated heterocycles. The lowest BCUT2D eigenvalue weighted by atomic mass is 10.3. The van der Waals surface area contributed by atoms with Crippen LogP contribution in [-0.2, 0) is 9.84 Å². The summed E-state index contributed by atoms with van der Waals surface area (Å²) in [7, 11) is -3.68. The van der Waals surface area contributed by atoms with Gasteiger partial charge in [0.25, 0.3) is 5.91 Å². The Labute approximate surface area is 150 Å². The van der Waals surface area contributed by atoms with E-state index in [-0.39, 0.29) is 21.6 Å². The van der Waals surface area contributed by atoms with Crippen molar-refractivity contribution in [3.63, 3.8) is 0 Å². The van der Waals surface area contributed by atoms with Crippen LogP contribution in [0.15, 0.2) is 29.6 Å². The van der Waals surface area contributed by atoms with Gasteiger partial charge in [0.2, 0.25) is 15.0 Å². The van der Waals surface area contributed by atoms with Gasteiger partial charge in [-0.05, 0) is 18.2 Å². The summed E-state index contributed by atoms with van der Waals surface area (Å²) in [6.45, 7) is 1.44. The molecule has 0 aliphatic heterocycles. The molecule has 2 aromatic heterocycles. The smallest absolute Gasteiger partial charge is 0.277 e. The van der Waals surface area contributed by atoms with E-state index in [2.05, 4.69) is 20.3 Å². The van der Waals surface area contributed by atoms with Crippen LogP contribution in [0.1, 0.15) is 17.4 Å². The van der Waals surface area contributed by atoms with Gasteiger partial charge < -0.3 is 0 Å². The number of hydrogen-bond donors (Lipinski definition) is 1. The number of fused-ring (bicyclic) bond motifs is 1. The fraction of sp³-hybridized carbons (Fsp3) is 0.143. The monoisotopic (exact) mass is 400 g/mol. The summed E-state index contributed by atoms with van der Waals surface area (Å²) < 4.78 is 37.5. The maximum absolute atomic E-state index is 13.2. The van der Waals surface area contributed by atoms with Crippen LogP contribution in [0.25, 0.3) is 10.2 Å². The normalized spacial score (nSPS) is 11.6. The third-order valence-corrected chi connectivity index (χ3v) is 5.89. The number of amides is 1. The molecule has 2 heterocycles. The first kappa shape index (κ1) is 17.6. The zero-order chi connectivity index (χ0) is 18.2. The van der Waals surface area contributed by atoms with Crippen molar-refractivity contribution >= 4 is 54.0 Å². The number of hydrogen-bond acceptors (Lipinski definition) is 7. The Kier molecular flexibility index (Phi) is 4.67. The molecular weight excluding hydrogens is 391 g/mol. The van der Waals surface area contributed by atoms with Gasteiger partial charge >= 0.3 is 0 Å². The van der Waals surface area contributed by atoms with Gasteiger partial charge in [-0.15, -0.1) is 0 Å². The molecule has 1 aromatic carbocycles. The van der Waals surface area contributed by atoms with Crippen LogP contribution < -0.4 is 5.32 Å². The number of sulfone groups is 1.